The van der Waals surface area contributed by atoms with Gasteiger partial charge in [0.05, 0.1) is 17.1 Å². The van der Waals surface area contributed by atoms with Gasteiger partial charge < -0.3 is 20.3 Å². The fraction of sp³-hybridized carbons (Fsp3) is 0.214. The van der Waals surface area contributed by atoms with E-state index < -0.39 is 27.6 Å². The first-order valence-corrected chi connectivity index (χ1v) is 13.7. The second kappa shape index (κ2) is 12.2. The zero-order valence-electron chi connectivity index (χ0n) is 21.8. The van der Waals surface area contributed by atoms with Crippen LogP contribution in [-0.2, 0) is 14.8 Å². The number of hydrogen-bond acceptors (Lipinski definition) is 6. The number of carbonyl (C=O) groups excluding carboxylic acids is 1. The lowest BCUT2D eigenvalue weighted by Gasteiger charge is -2.16. The Morgan fingerprint density at radius 2 is 1.72 bits per heavy atom. The van der Waals surface area contributed by atoms with Crippen LogP contribution in [0.3, 0.4) is 0 Å². The van der Waals surface area contributed by atoms with E-state index in [1.165, 1.54) is 12.1 Å². The summed E-state index contributed by atoms with van der Waals surface area (Å²) < 4.78 is 34.7. The van der Waals surface area contributed by atoms with E-state index in [0.29, 0.717) is 39.2 Å². The van der Waals surface area contributed by atoms with E-state index in [1.807, 2.05) is 13.8 Å². The van der Waals surface area contributed by atoms with Gasteiger partial charge in [-0.15, -0.1) is 0 Å². The molecule has 0 atom stereocenters. The number of hydrogen-bond donors (Lipinski definition) is 4. The molecule has 206 valence electrons. The Labute approximate surface area is 232 Å². The van der Waals surface area contributed by atoms with E-state index in [1.54, 1.807) is 56.3 Å². The second-order valence-corrected chi connectivity index (χ2v) is 11.3. The van der Waals surface area contributed by atoms with Crippen LogP contribution in [-0.4, -0.2) is 37.1 Å². The van der Waals surface area contributed by atoms with Crippen LogP contribution in [0.25, 0.3) is 11.1 Å². The van der Waals surface area contributed by atoms with Gasteiger partial charge >= 0.3 is 5.97 Å². The van der Waals surface area contributed by atoms with Crippen molar-refractivity contribution in [3.8, 4) is 16.9 Å². The summed E-state index contributed by atoms with van der Waals surface area (Å²) in [6.07, 6.45) is 0.294. The monoisotopic (exact) mass is 572 g/mol. The SMILES string of the molecule is Cc1cc(S(=O)(=O)Nc2cccc(-c3ccc(C(=O)N/C(=C/O)C(=O)O)c(OCC(C)C)c3)c2)c(C)cc1Cl. The molecular weight excluding hydrogens is 544 g/mol. The Hall–Kier alpha value is -4.02. The average molecular weight is 573 g/mol. The molecule has 4 N–H and O–H groups in total. The summed E-state index contributed by atoms with van der Waals surface area (Å²) in [5.74, 6) is -1.96. The van der Waals surface area contributed by atoms with Gasteiger partial charge in [-0.2, -0.15) is 0 Å². The summed E-state index contributed by atoms with van der Waals surface area (Å²) in [7, 11) is -3.91. The van der Waals surface area contributed by atoms with E-state index in [0.717, 1.165) is 0 Å². The summed E-state index contributed by atoms with van der Waals surface area (Å²) in [4.78, 5) is 24.1. The fourth-order valence-corrected chi connectivity index (χ4v) is 5.19. The molecule has 0 bridgehead atoms. The predicted octanol–water partition coefficient (Wildman–Crippen LogP) is 5.67. The normalized spacial score (nSPS) is 11.8. The first-order valence-electron chi connectivity index (χ1n) is 11.9. The molecule has 0 saturated heterocycles. The number of benzene rings is 3. The summed E-state index contributed by atoms with van der Waals surface area (Å²) >= 11 is 6.12. The number of aliphatic hydroxyl groups excluding tert-OH is 1. The molecule has 3 rings (SSSR count). The van der Waals surface area contributed by atoms with Crippen molar-refractivity contribution in [1.29, 1.82) is 0 Å². The van der Waals surface area contributed by atoms with Crippen LogP contribution in [0.2, 0.25) is 5.02 Å². The Kier molecular flexibility index (Phi) is 9.26. The Bertz CT molecular complexity index is 1550. The number of halogens is 1. The molecule has 3 aromatic rings. The van der Waals surface area contributed by atoms with Crippen molar-refractivity contribution in [3.63, 3.8) is 0 Å². The lowest BCUT2D eigenvalue weighted by Crippen LogP contribution is -2.28. The molecule has 0 fully saturated rings. The number of aryl methyl sites for hydroxylation is 2. The highest BCUT2D eigenvalue weighted by molar-refractivity contribution is 7.92. The smallest absolute Gasteiger partial charge is 0.355 e. The van der Waals surface area contributed by atoms with Crippen molar-refractivity contribution in [3.05, 3.63) is 88.3 Å². The molecule has 9 nitrogen and oxygen atoms in total. The van der Waals surface area contributed by atoms with Crippen molar-refractivity contribution in [2.24, 2.45) is 5.92 Å². The lowest BCUT2D eigenvalue weighted by atomic mass is 10.0. The van der Waals surface area contributed by atoms with Gasteiger partial charge in [-0.3, -0.25) is 9.52 Å². The highest BCUT2D eigenvalue weighted by Gasteiger charge is 2.20. The van der Waals surface area contributed by atoms with Gasteiger partial charge in [0, 0.05) is 10.7 Å². The van der Waals surface area contributed by atoms with Crippen LogP contribution >= 0.6 is 11.6 Å². The average Bonchev–Trinajstić information content (AvgIpc) is 2.87. The van der Waals surface area contributed by atoms with Crippen LogP contribution in [0.5, 0.6) is 5.75 Å². The van der Waals surface area contributed by atoms with Gasteiger partial charge in [0.25, 0.3) is 15.9 Å². The van der Waals surface area contributed by atoms with Crippen LogP contribution in [0.4, 0.5) is 5.69 Å². The van der Waals surface area contributed by atoms with E-state index in [-0.39, 0.29) is 28.7 Å². The maximum atomic E-state index is 13.1. The molecule has 3 aromatic carbocycles. The van der Waals surface area contributed by atoms with Crippen molar-refractivity contribution >= 4 is 39.2 Å². The highest BCUT2D eigenvalue weighted by Crippen LogP contribution is 2.31. The third kappa shape index (κ3) is 7.30. The summed E-state index contributed by atoms with van der Waals surface area (Å²) in [5.41, 5.74) is 2.11. The van der Waals surface area contributed by atoms with Gasteiger partial charge in [0.1, 0.15) is 12.0 Å². The van der Waals surface area contributed by atoms with Gasteiger partial charge in [-0.25, -0.2) is 13.2 Å². The largest absolute Gasteiger partial charge is 0.513 e. The first-order chi connectivity index (χ1) is 18.3. The van der Waals surface area contributed by atoms with Crippen molar-refractivity contribution in [2.45, 2.75) is 32.6 Å². The number of ether oxygens (including phenoxy) is 1. The van der Waals surface area contributed by atoms with Gasteiger partial charge in [-0.1, -0.05) is 43.6 Å². The van der Waals surface area contributed by atoms with Crippen molar-refractivity contribution < 1.29 is 33.0 Å². The molecule has 0 unspecified atom stereocenters. The number of sulfonamides is 1. The number of carbonyl (C=O) groups is 2. The number of carboxylic acid groups (broad SMARTS) is 1. The van der Waals surface area contributed by atoms with Gasteiger partial charge in [0.15, 0.2) is 5.70 Å². The predicted molar refractivity (Wildman–Crippen MR) is 150 cm³/mol. The molecule has 0 aliphatic carbocycles. The lowest BCUT2D eigenvalue weighted by molar-refractivity contribution is -0.133. The number of anilines is 1. The quantitative estimate of drug-likeness (QED) is 0.181. The molecule has 11 heteroatoms. The Morgan fingerprint density at radius 1 is 1.03 bits per heavy atom. The molecule has 0 spiro atoms. The highest BCUT2D eigenvalue weighted by atomic mass is 35.5. The van der Waals surface area contributed by atoms with E-state index >= 15 is 0 Å². The van der Waals surface area contributed by atoms with Crippen LogP contribution in [0, 0.1) is 19.8 Å². The van der Waals surface area contributed by atoms with Crippen LogP contribution in [0.15, 0.2) is 71.5 Å². The summed E-state index contributed by atoms with van der Waals surface area (Å²) in [6, 6.07) is 14.6. The molecule has 0 radical (unpaired) electrons. The minimum atomic E-state index is -3.91. The van der Waals surface area contributed by atoms with Crippen molar-refractivity contribution in [2.75, 3.05) is 11.3 Å². The zero-order valence-corrected chi connectivity index (χ0v) is 23.4. The number of rotatable bonds is 10. The first kappa shape index (κ1) is 29.5. The standard InChI is InChI=1S/C28H29ClN2O7S/c1-16(2)15-38-25-13-20(8-9-22(25)27(33)30-24(14-32)28(34)35)19-6-5-7-21(12-19)31-39(36,37)26-11-17(3)23(29)10-18(26)4/h5-14,16,31-32H,15H2,1-4H3,(H,30,33)(H,34,35)/b24-14+. The molecular formula is C28H29ClN2O7S. The molecule has 0 aliphatic heterocycles. The fourth-order valence-electron chi connectivity index (χ4n) is 3.61. The maximum absolute atomic E-state index is 13.1. The minimum Gasteiger partial charge on any atom is -0.513 e. The number of aliphatic hydroxyl groups is 1. The number of amides is 1. The number of aliphatic carboxylic acids is 1. The third-order valence-electron chi connectivity index (χ3n) is 5.60. The number of nitrogens with one attached hydrogen (secondary N) is 2. The zero-order chi connectivity index (χ0) is 28.9. The molecule has 1 amide bonds. The molecule has 0 heterocycles. The Balaban J connectivity index is 1.96. The number of carboxylic acids is 1. The van der Waals surface area contributed by atoms with E-state index in [4.69, 9.17) is 26.6 Å². The third-order valence-corrected chi connectivity index (χ3v) is 7.53. The van der Waals surface area contributed by atoms with Crippen LogP contribution < -0.4 is 14.8 Å². The maximum Gasteiger partial charge on any atom is 0.355 e. The van der Waals surface area contributed by atoms with Crippen molar-refractivity contribution in [1.82, 2.24) is 5.32 Å². The summed E-state index contributed by atoms with van der Waals surface area (Å²) in [5, 5.41) is 20.8. The minimum absolute atomic E-state index is 0.0606. The van der Waals surface area contributed by atoms with E-state index in [9.17, 15) is 18.0 Å². The Morgan fingerprint density at radius 3 is 2.36 bits per heavy atom. The van der Waals surface area contributed by atoms with Gasteiger partial charge in [0.2, 0.25) is 0 Å². The van der Waals surface area contributed by atoms with Gasteiger partial charge in [-0.05, 0) is 78.4 Å². The molecule has 39 heavy (non-hydrogen) atoms. The topological polar surface area (TPSA) is 142 Å². The molecule has 0 aromatic heterocycles. The second-order valence-electron chi connectivity index (χ2n) is 9.27. The molecule has 0 saturated carbocycles. The van der Waals surface area contributed by atoms with Crippen LogP contribution in [0.1, 0.15) is 35.3 Å². The van der Waals surface area contributed by atoms with E-state index in [2.05, 4.69) is 10.0 Å². The molecule has 0 aliphatic rings. The summed E-state index contributed by atoms with van der Waals surface area (Å²) in [6.45, 7) is 7.54.